The minimum atomic E-state index is 0.0879. The van der Waals surface area contributed by atoms with Crippen molar-refractivity contribution in [1.29, 1.82) is 0 Å². The van der Waals surface area contributed by atoms with Crippen LogP contribution in [0.15, 0.2) is 35.7 Å². The van der Waals surface area contributed by atoms with Crippen LogP contribution in [-0.4, -0.2) is 47.8 Å². The quantitative estimate of drug-likeness (QED) is 0.831. The van der Waals surface area contributed by atoms with E-state index in [0.717, 1.165) is 42.7 Å². The van der Waals surface area contributed by atoms with Gasteiger partial charge in [-0.25, -0.2) is 0 Å². The number of benzene rings is 1. The zero-order chi connectivity index (χ0) is 17.2. The summed E-state index contributed by atoms with van der Waals surface area (Å²) in [6.07, 6.45) is 4.06. The summed E-state index contributed by atoms with van der Waals surface area (Å²) in [6, 6.07) is 9.88. The first-order valence-corrected chi connectivity index (χ1v) is 9.85. The molecule has 2 heterocycles. The maximum atomic E-state index is 13.0. The lowest BCUT2D eigenvalue weighted by atomic mass is 10.0. The molecule has 0 N–H and O–H groups in total. The molecule has 1 saturated heterocycles. The van der Waals surface area contributed by atoms with Crippen LogP contribution >= 0.6 is 11.3 Å². The second-order valence-electron chi connectivity index (χ2n) is 6.71. The molecule has 1 aliphatic carbocycles. The number of thiophene rings is 1. The summed E-state index contributed by atoms with van der Waals surface area (Å²) in [5.74, 6) is 0.217. The molecule has 2 amide bonds. The summed E-state index contributed by atoms with van der Waals surface area (Å²) in [5.41, 5.74) is 3.44. The molecule has 0 bridgehead atoms. The van der Waals surface area contributed by atoms with Crippen molar-refractivity contribution in [3.05, 3.63) is 57.3 Å². The highest BCUT2D eigenvalue weighted by Crippen LogP contribution is 2.26. The van der Waals surface area contributed by atoms with Gasteiger partial charge in [0.25, 0.3) is 11.8 Å². The average molecular weight is 354 g/mol. The van der Waals surface area contributed by atoms with Gasteiger partial charge in [0.05, 0.1) is 4.88 Å². The van der Waals surface area contributed by atoms with E-state index in [4.69, 9.17) is 0 Å². The van der Waals surface area contributed by atoms with Crippen molar-refractivity contribution in [2.24, 2.45) is 0 Å². The predicted octanol–water partition coefficient (Wildman–Crippen LogP) is 3.23. The van der Waals surface area contributed by atoms with Crippen LogP contribution in [0.4, 0.5) is 0 Å². The van der Waals surface area contributed by atoms with E-state index >= 15 is 0 Å². The minimum absolute atomic E-state index is 0.0879. The number of rotatable bonds is 2. The molecule has 1 fully saturated rings. The topological polar surface area (TPSA) is 40.6 Å². The van der Waals surface area contributed by atoms with Crippen molar-refractivity contribution in [1.82, 2.24) is 9.80 Å². The Kier molecular flexibility index (Phi) is 4.57. The summed E-state index contributed by atoms with van der Waals surface area (Å²) in [6.45, 7) is 2.65. The third-order valence-electron chi connectivity index (χ3n) is 5.18. The van der Waals surface area contributed by atoms with Crippen LogP contribution in [0.1, 0.15) is 44.0 Å². The van der Waals surface area contributed by atoms with Crippen molar-refractivity contribution in [2.45, 2.75) is 25.7 Å². The van der Waals surface area contributed by atoms with Crippen molar-refractivity contribution < 1.29 is 9.59 Å². The Labute approximate surface area is 152 Å². The van der Waals surface area contributed by atoms with Crippen LogP contribution in [0.5, 0.6) is 0 Å². The Hall–Kier alpha value is -2.14. The van der Waals surface area contributed by atoms with Gasteiger partial charge in [0, 0.05) is 31.7 Å². The van der Waals surface area contributed by atoms with E-state index in [0.29, 0.717) is 19.6 Å². The second kappa shape index (κ2) is 7.00. The largest absolute Gasteiger partial charge is 0.337 e. The molecule has 5 heteroatoms. The Bertz CT molecular complexity index is 785. The zero-order valence-electron chi connectivity index (χ0n) is 14.2. The van der Waals surface area contributed by atoms with Crippen LogP contribution in [0.3, 0.4) is 0 Å². The van der Waals surface area contributed by atoms with Crippen LogP contribution in [0.2, 0.25) is 0 Å². The number of carbonyl (C=O) groups excluding carboxylic acids is 2. The van der Waals surface area contributed by atoms with Gasteiger partial charge < -0.3 is 9.80 Å². The molecule has 0 spiro atoms. The lowest BCUT2D eigenvalue weighted by Crippen LogP contribution is -2.37. The fraction of sp³-hybridized carbons (Fsp3) is 0.400. The van der Waals surface area contributed by atoms with Gasteiger partial charge in [-0.1, -0.05) is 18.2 Å². The first-order chi connectivity index (χ1) is 12.2. The maximum absolute atomic E-state index is 13.0. The third kappa shape index (κ3) is 3.21. The second-order valence-corrected chi connectivity index (χ2v) is 7.66. The lowest BCUT2D eigenvalue weighted by Gasteiger charge is -2.23. The highest BCUT2D eigenvalue weighted by atomic mass is 32.1. The maximum Gasteiger partial charge on any atom is 0.263 e. The summed E-state index contributed by atoms with van der Waals surface area (Å²) in [5, 5.41) is 1.93. The lowest BCUT2D eigenvalue weighted by molar-refractivity contribution is 0.0720. The SMILES string of the molecule is O=C(c1cccs1)N1CCCN(C(=O)c2cccc3c2CCC3)CC1. The van der Waals surface area contributed by atoms with Crippen molar-refractivity contribution in [3.63, 3.8) is 0 Å². The molecule has 1 aromatic heterocycles. The molecule has 2 aliphatic rings. The first-order valence-electron chi connectivity index (χ1n) is 8.97. The fourth-order valence-corrected chi connectivity index (χ4v) is 4.56. The Morgan fingerprint density at radius 1 is 0.840 bits per heavy atom. The minimum Gasteiger partial charge on any atom is -0.337 e. The monoisotopic (exact) mass is 354 g/mol. The predicted molar refractivity (Wildman–Crippen MR) is 99.2 cm³/mol. The van der Waals surface area contributed by atoms with Gasteiger partial charge >= 0.3 is 0 Å². The van der Waals surface area contributed by atoms with Crippen molar-refractivity contribution in [3.8, 4) is 0 Å². The number of amides is 2. The van der Waals surface area contributed by atoms with E-state index in [1.807, 2.05) is 39.4 Å². The summed E-state index contributed by atoms with van der Waals surface area (Å²) in [4.78, 5) is 30.2. The van der Waals surface area contributed by atoms with Gasteiger partial charge in [-0.05, 0) is 54.3 Å². The van der Waals surface area contributed by atoms with Gasteiger partial charge in [0.2, 0.25) is 0 Å². The first kappa shape index (κ1) is 16.3. The van der Waals surface area contributed by atoms with Crippen LogP contribution < -0.4 is 0 Å². The molecule has 130 valence electrons. The van der Waals surface area contributed by atoms with Crippen LogP contribution in [-0.2, 0) is 12.8 Å². The Morgan fingerprint density at radius 2 is 1.64 bits per heavy atom. The van der Waals surface area contributed by atoms with E-state index in [1.165, 1.54) is 22.5 Å². The van der Waals surface area contributed by atoms with Gasteiger partial charge in [-0.3, -0.25) is 9.59 Å². The molecule has 1 aromatic carbocycles. The molecule has 0 saturated carbocycles. The van der Waals surface area contributed by atoms with Crippen LogP contribution in [0.25, 0.3) is 0 Å². The van der Waals surface area contributed by atoms with Crippen molar-refractivity contribution in [2.75, 3.05) is 26.2 Å². The van der Waals surface area contributed by atoms with Gasteiger partial charge in [-0.15, -0.1) is 11.3 Å². The van der Waals surface area contributed by atoms with Crippen molar-refractivity contribution >= 4 is 23.2 Å². The van der Waals surface area contributed by atoms with E-state index < -0.39 is 0 Å². The molecule has 0 atom stereocenters. The highest BCUT2D eigenvalue weighted by molar-refractivity contribution is 7.12. The highest BCUT2D eigenvalue weighted by Gasteiger charge is 2.26. The third-order valence-corrected chi connectivity index (χ3v) is 6.04. The summed E-state index contributed by atoms with van der Waals surface area (Å²) >= 11 is 1.48. The normalized spacial score (nSPS) is 17.3. The number of aryl methyl sites for hydroxylation is 1. The van der Waals surface area contributed by atoms with Gasteiger partial charge in [0.1, 0.15) is 0 Å². The Morgan fingerprint density at radius 3 is 2.40 bits per heavy atom. The van der Waals surface area contributed by atoms with E-state index in [1.54, 1.807) is 0 Å². The Balaban J connectivity index is 1.47. The van der Waals surface area contributed by atoms with E-state index in [9.17, 15) is 9.59 Å². The summed E-state index contributed by atoms with van der Waals surface area (Å²) in [7, 11) is 0. The summed E-state index contributed by atoms with van der Waals surface area (Å²) < 4.78 is 0. The van der Waals surface area contributed by atoms with Gasteiger partial charge in [-0.2, -0.15) is 0 Å². The number of fused-ring (bicyclic) bond motifs is 1. The molecule has 25 heavy (non-hydrogen) atoms. The number of nitrogens with zero attached hydrogens (tertiary/aromatic N) is 2. The van der Waals surface area contributed by atoms with Crippen LogP contribution in [0, 0.1) is 0 Å². The molecule has 2 aromatic rings. The molecule has 4 rings (SSSR count). The molecule has 0 unspecified atom stereocenters. The van der Waals surface area contributed by atoms with E-state index in [2.05, 4.69) is 6.07 Å². The molecule has 0 radical (unpaired) electrons. The zero-order valence-corrected chi connectivity index (χ0v) is 15.1. The molecular weight excluding hydrogens is 332 g/mol. The standard InChI is InChI=1S/C20H22N2O2S/c23-19(17-8-2-6-15-5-1-7-16(15)17)21-10-4-11-22(13-12-21)20(24)18-9-3-14-25-18/h2-3,6,8-9,14H,1,4-5,7,10-13H2. The molecular formula is C20H22N2O2S. The smallest absolute Gasteiger partial charge is 0.263 e. The number of carbonyl (C=O) groups is 2. The molecule has 1 aliphatic heterocycles. The number of hydrogen-bond donors (Lipinski definition) is 0. The number of hydrogen-bond acceptors (Lipinski definition) is 3. The molecule has 4 nitrogen and oxygen atoms in total. The van der Waals surface area contributed by atoms with E-state index in [-0.39, 0.29) is 11.8 Å². The average Bonchev–Trinajstić information content (AvgIpc) is 3.27. The van der Waals surface area contributed by atoms with Gasteiger partial charge in [0.15, 0.2) is 0 Å². The fourth-order valence-electron chi connectivity index (χ4n) is 3.87.